The third-order valence-electron chi connectivity index (χ3n) is 2.14. The molecule has 0 atom stereocenters. The number of benzene rings is 1. The highest BCUT2D eigenvalue weighted by Crippen LogP contribution is 2.26. The highest BCUT2D eigenvalue weighted by molar-refractivity contribution is 6.33. The Hall–Kier alpha value is -1.48. The summed E-state index contributed by atoms with van der Waals surface area (Å²) in [6.45, 7) is 3.95. The molecular formula is C12H14ClNO2. The van der Waals surface area contributed by atoms with E-state index in [0.29, 0.717) is 17.3 Å². The highest BCUT2D eigenvalue weighted by atomic mass is 35.5. The molecule has 1 aromatic rings. The van der Waals surface area contributed by atoms with Crippen molar-refractivity contribution in [1.29, 1.82) is 0 Å². The zero-order valence-corrected chi connectivity index (χ0v) is 10.0. The summed E-state index contributed by atoms with van der Waals surface area (Å²) in [4.78, 5) is 11.1. The average Bonchev–Trinajstić information content (AvgIpc) is 2.25. The van der Waals surface area contributed by atoms with Crippen LogP contribution in [0.1, 0.15) is 18.1 Å². The van der Waals surface area contributed by atoms with Gasteiger partial charge in [-0.2, -0.15) is 0 Å². The molecule has 0 fully saturated rings. The minimum Gasteiger partial charge on any atom is -0.463 e. The van der Waals surface area contributed by atoms with E-state index >= 15 is 0 Å². The average molecular weight is 240 g/mol. The van der Waals surface area contributed by atoms with E-state index in [1.165, 1.54) is 6.08 Å². The molecule has 0 aromatic heterocycles. The van der Waals surface area contributed by atoms with Gasteiger partial charge in [-0.05, 0) is 37.1 Å². The van der Waals surface area contributed by atoms with Crippen molar-refractivity contribution in [3.05, 3.63) is 34.4 Å². The van der Waals surface area contributed by atoms with Gasteiger partial charge in [0.2, 0.25) is 0 Å². The van der Waals surface area contributed by atoms with E-state index in [-0.39, 0.29) is 5.97 Å². The molecule has 86 valence electrons. The standard InChI is InChI=1S/C12H14ClNO2/c1-3-16-11(15)7-5-9-4-6-10(14)8(2)12(9)13/h4-7H,3,14H2,1-2H3. The Morgan fingerprint density at radius 2 is 2.25 bits per heavy atom. The number of nitrogens with two attached hydrogens (primary N) is 1. The fourth-order valence-corrected chi connectivity index (χ4v) is 1.43. The van der Waals surface area contributed by atoms with Gasteiger partial charge >= 0.3 is 5.97 Å². The molecule has 1 aromatic carbocycles. The Morgan fingerprint density at radius 1 is 1.56 bits per heavy atom. The number of anilines is 1. The van der Waals surface area contributed by atoms with Crippen molar-refractivity contribution in [2.24, 2.45) is 0 Å². The molecule has 0 aliphatic heterocycles. The number of hydrogen-bond donors (Lipinski definition) is 1. The van der Waals surface area contributed by atoms with Crippen molar-refractivity contribution < 1.29 is 9.53 Å². The quantitative estimate of drug-likeness (QED) is 0.501. The van der Waals surface area contributed by atoms with Gasteiger partial charge in [-0.3, -0.25) is 0 Å². The fraction of sp³-hybridized carbons (Fsp3) is 0.250. The van der Waals surface area contributed by atoms with Gasteiger partial charge in [0.15, 0.2) is 0 Å². The molecule has 1 rings (SSSR count). The van der Waals surface area contributed by atoms with Gasteiger partial charge in [-0.1, -0.05) is 17.7 Å². The second-order valence-electron chi connectivity index (χ2n) is 3.27. The molecule has 16 heavy (non-hydrogen) atoms. The Balaban J connectivity index is 2.90. The minimum atomic E-state index is -0.381. The third kappa shape index (κ3) is 3.00. The van der Waals surface area contributed by atoms with E-state index in [2.05, 4.69) is 0 Å². The van der Waals surface area contributed by atoms with Crippen LogP contribution in [0.2, 0.25) is 5.02 Å². The molecule has 0 bridgehead atoms. The van der Waals surface area contributed by atoms with Gasteiger partial charge in [0.25, 0.3) is 0 Å². The van der Waals surface area contributed by atoms with Crippen LogP contribution in [0, 0.1) is 6.92 Å². The number of halogens is 1. The van der Waals surface area contributed by atoms with Crippen LogP contribution >= 0.6 is 11.6 Å². The molecule has 3 nitrogen and oxygen atoms in total. The fourth-order valence-electron chi connectivity index (χ4n) is 1.20. The first kappa shape index (κ1) is 12.6. The van der Waals surface area contributed by atoms with Crippen LogP contribution in [0.25, 0.3) is 6.08 Å². The topological polar surface area (TPSA) is 52.3 Å². The molecule has 0 saturated carbocycles. The van der Waals surface area contributed by atoms with Gasteiger partial charge in [0.1, 0.15) is 0 Å². The van der Waals surface area contributed by atoms with Gasteiger partial charge < -0.3 is 10.5 Å². The van der Waals surface area contributed by atoms with Crippen molar-refractivity contribution in [3.63, 3.8) is 0 Å². The van der Waals surface area contributed by atoms with Crippen LogP contribution in [0.4, 0.5) is 5.69 Å². The monoisotopic (exact) mass is 239 g/mol. The Morgan fingerprint density at radius 3 is 2.88 bits per heavy atom. The molecular weight excluding hydrogens is 226 g/mol. The summed E-state index contributed by atoms with van der Waals surface area (Å²) < 4.78 is 4.76. The van der Waals surface area contributed by atoms with E-state index in [1.54, 1.807) is 25.1 Å². The lowest BCUT2D eigenvalue weighted by Gasteiger charge is -2.05. The molecule has 0 aliphatic rings. The summed E-state index contributed by atoms with van der Waals surface area (Å²) >= 11 is 6.08. The number of esters is 1. The van der Waals surface area contributed by atoms with Crippen LogP contribution in [-0.2, 0) is 9.53 Å². The minimum absolute atomic E-state index is 0.359. The highest BCUT2D eigenvalue weighted by Gasteiger charge is 2.04. The van der Waals surface area contributed by atoms with Gasteiger partial charge in [-0.25, -0.2) is 4.79 Å². The predicted octanol–water partition coefficient (Wildman–Crippen LogP) is 2.81. The van der Waals surface area contributed by atoms with E-state index in [1.807, 2.05) is 6.92 Å². The van der Waals surface area contributed by atoms with E-state index in [4.69, 9.17) is 22.1 Å². The lowest BCUT2D eigenvalue weighted by molar-refractivity contribution is -0.137. The van der Waals surface area contributed by atoms with Crippen molar-refractivity contribution in [3.8, 4) is 0 Å². The van der Waals surface area contributed by atoms with Crippen LogP contribution in [-0.4, -0.2) is 12.6 Å². The van der Waals surface area contributed by atoms with E-state index in [9.17, 15) is 4.79 Å². The Bertz CT molecular complexity index is 427. The maximum absolute atomic E-state index is 11.1. The molecule has 0 radical (unpaired) electrons. The zero-order valence-electron chi connectivity index (χ0n) is 9.29. The summed E-state index contributed by atoms with van der Waals surface area (Å²) in [7, 11) is 0. The predicted molar refractivity (Wildman–Crippen MR) is 66.3 cm³/mol. The summed E-state index contributed by atoms with van der Waals surface area (Å²) in [6.07, 6.45) is 2.97. The molecule has 0 amide bonds. The van der Waals surface area contributed by atoms with Crippen LogP contribution in [0.5, 0.6) is 0 Å². The molecule has 0 heterocycles. The molecule has 0 spiro atoms. The zero-order chi connectivity index (χ0) is 12.1. The molecule has 0 saturated heterocycles. The second-order valence-corrected chi connectivity index (χ2v) is 3.65. The smallest absolute Gasteiger partial charge is 0.330 e. The largest absolute Gasteiger partial charge is 0.463 e. The van der Waals surface area contributed by atoms with Crippen molar-refractivity contribution in [2.75, 3.05) is 12.3 Å². The number of hydrogen-bond acceptors (Lipinski definition) is 3. The van der Waals surface area contributed by atoms with Crippen molar-refractivity contribution in [1.82, 2.24) is 0 Å². The lowest BCUT2D eigenvalue weighted by atomic mass is 10.1. The van der Waals surface area contributed by atoms with Gasteiger partial charge in [0, 0.05) is 11.8 Å². The molecule has 0 unspecified atom stereocenters. The number of carbonyl (C=O) groups excluding carboxylic acids is 1. The summed E-state index contributed by atoms with van der Waals surface area (Å²) in [6, 6.07) is 3.52. The van der Waals surface area contributed by atoms with Gasteiger partial charge in [0.05, 0.1) is 11.6 Å². The summed E-state index contributed by atoms with van der Waals surface area (Å²) in [5, 5.41) is 0.556. The SMILES string of the molecule is CCOC(=O)C=Cc1ccc(N)c(C)c1Cl. The molecule has 2 N–H and O–H groups in total. The van der Waals surface area contributed by atoms with E-state index < -0.39 is 0 Å². The normalized spacial score (nSPS) is 10.7. The molecule has 4 heteroatoms. The van der Waals surface area contributed by atoms with Gasteiger partial charge in [-0.15, -0.1) is 0 Å². The number of ether oxygens (including phenoxy) is 1. The first-order chi connectivity index (χ1) is 7.56. The maximum Gasteiger partial charge on any atom is 0.330 e. The van der Waals surface area contributed by atoms with E-state index in [0.717, 1.165) is 11.1 Å². The van der Waals surface area contributed by atoms with Crippen LogP contribution < -0.4 is 5.73 Å². The number of rotatable bonds is 3. The maximum atomic E-state index is 11.1. The van der Waals surface area contributed by atoms with Crippen molar-refractivity contribution >= 4 is 29.3 Å². The van der Waals surface area contributed by atoms with Crippen molar-refractivity contribution in [2.45, 2.75) is 13.8 Å². The second kappa shape index (κ2) is 5.56. The van der Waals surface area contributed by atoms with Crippen LogP contribution in [0.3, 0.4) is 0 Å². The molecule has 0 aliphatic carbocycles. The summed E-state index contributed by atoms with van der Waals surface area (Å²) in [5.41, 5.74) is 7.89. The summed E-state index contributed by atoms with van der Waals surface area (Å²) in [5.74, 6) is -0.381. The van der Waals surface area contributed by atoms with Crippen LogP contribution in [0.15, 0.2) is 18.2 Å². The third-order valence-corrected chi connectivity index (χ3v) is 2.65. The number of carbonyl (C=O) groups is 1. The first-order valence-corrected chi connectivity index (χ1v) is 5.33. The lowest BCUT2D eigenvalue weighted by Crippen LogP contribution is -1.99. The Kier molecular flexibility index (Phi) is 4.38. The Labute approximate surface area is 99.8 Å². The first-order valence-electron chi connectivity index (χ1n) is 4.95. The number of nitrogen functional groups attached to an aromatic ring is 1.